The van der Waals surface area contributed by atoms with Crippen molar-refractivity contribution in [3.8, 4) is 5.69 Å². The van der Waals surface area contributed by atoms with Gasteiger partial charge in [0.25, 0.3) is 0 Å². The summed E-state index contributed by atoms with van der Waals surface area (Å²) in [5, 5.41) is 8.11. The van der Waals surface area contributed by atoms with Crippen LogP contribution in [0.2, 0.25) is 0 Å². The van der Waals surface area contributed by atoms with Gasteiger partial charge in [-0.15, -0.1) is 0 Å². The molecule has 1 aromatic carbocycles. The van der Waals surface area contributed by atoms with Crippen LogP contribution in [0, 0.1) is 0 Å². The number of para-hydroxylation sites is 1. The van der Waals surface area contributed by atoms with E-state index in [9.17, 15) is 4.79 Å². The molecule has 0 radical (unpaired) electrons. The second kappa shape index (κ2) is 7.03. The van der Waals surface area contributed by atoms with Gasteiger partial charge in [0.2, 0.25) is 0 Å². The first-order valence-corrected chi connectivity index (χ1v) is 8.69. The highest BCUT2D eigenvalue weighted by atomic mass is 16.2. The summed E-state index contributed by atoms with van der Waals surface area (Å²) in [4.78, 5) is 17.4. The fourth-order valence-corrected chi connectivity index (χ4v) is 3.33. The third kappa shape index (κ3) is 3.25. The maximum Gasteiger partial charge on any atom is 0.350 e. The van der Waals surface area contributed by atoms with Crippen LogP contribution in [0.5, 0.6) is 0 Å². The number of rotatable bonds is 4. The Morgan fingerprint density at radius 3 is 2.68 bits per heavy atom. The first-order valence-electron chi connectivity index (χ1n) is 8.69. The van der Waals surface area contributed by atoms with Crippen LogP contribution < -0.4 is 11.0 Å². The Morgan fingerprint density at radius 2 is 1.96 bits per heavy atom. The number of nitrogens with zero attached hydrogens (tertiary/aromatic N) is 4. The molecule has 6 heteroatoms. The Hall–Kier alpha value is -2.73. The van der Waals surface area contributed by atoms with E-state index in [1.807, 2.05) is 48.5 Å². The molecule has 1 aliphatic rings. The van der Waals surface area contributed by atoms with E-state index in [0.717, 1.165) is 43.1 Å². The minimum atomic E-state index is -0.113. The zero-order valence-electron chi connectivity index (χ0n) is 14.0. The van der Waals surface area contributed by atoms with E-state index in [1.165, 1.54) is 4.68 Å². The number of aromatic nitrogens is 4. The lowest BCUT2D eigenvalue weighted by Crippen LogP contribution is -2.31. The summed E-state index contributed by atoms with van der Waals surface area (Å²) in [5.74, 6) is 1.07. The SMILES string of the molecule is O=c1n(Cc2ccccn2)nc([C@@H]2CCCNC2)n1-c1ccccc1. The van der Waals surface area contributed by atoms with Crippen LogP contribution in [0.3, 0.4) is 0 Å². The zero-order valence-corrected chi connectivity index (χ0v) is 14.0. The van der Waals surface area contributed by atoms with Gasteiger partial charge in [-0.1, -0.05) is 24.3 Å². The summed E-state index contributed by atoms with van der Waals surface area (Å²) < 4.78 is 3.28. The molecule has 1 atom stereocenters. The molecule has 0 bridgehead atoms. The van der Waals surface area contributed by atoms with Crippen LogP contribution >= 0.6 is 0 Å². The van der Waals surface area contributed by atoms with Crippen molar-refractivity contribution in [3.63, 3.8) is 0 Å². The highest BCUT2D eigenvalue weighted by molar-refractivity contribution is 5.33. The van der Waals surface area contributed by atoms with Crippen molar-refractivity contribution in [1.82, 2.24) is 24.6 Å². The molecule has 1 N–H and O–H groups in total. The zero-order chi connectivity index (χ0) is 17.1. The van der Waals surface area contributed by atoms with E-state index >= 15 is 0 Å². The van der Waals surface area contributed by atoms with Gasteiger partial charge in [0.05, 0.1) is 17.9 Å². The summed E-state index contributed by atoms with van der Waals surface area (Å²) in [6, 6.07) is 15.5. The van der Waals surface area contributed by atoms with Crippen LogP contribution in [0.4, 0.5) is 0 Å². The highest BCUT2D eigenvalue weighted by Gasteiger charge is 2.24. The van der Waals surface area contributed by atoms with E-state index < -0.39 is 0 Å². The Bertz CT molecular complexity index is 879. The van der Waals surface area contributed by atoms with Gasteiger partial charge in [-0.25, -0.2) is 14.0 Å². The summed E-state index contributed by atoms with van der Waals surface area (Å²) in [6.07, 6.45) is 3.88. The van der Waals surface area contributed by atoms with Gasteiger partial charge in [-0.3, -0.25) is 4.98 Å². The average molecular weight is 335 g/mol. The molecule has 6 nitrogen and oxygen atoms in total. The summed E-state index contributed by atoms with van der Waals surface area (Å²) in [5.41, 5.74) is 1.58. The van der Waals surface area contributed by atoms with Crippen molar-refractivity contribution < 1.29 is 0 Å². The van der Waals surface area contributed by atoms with E-state index in [2.05, 4.69) is 10.3 Å². The molecule has 1 saturated heterocycles. The van der Waals surface area contributed by atoms with Crippen LogP contribution in [-0.2, 0) is 6.54 Å². The van der Waals surface area contributed by atoms with Crippen LogP contribution in [0.15, 0.2) is 59.5 Å². The molecule has 3 heterocycles. The molecule has 1 aliphatic heterocycles. The first-order chi connectivity index (χ1) is 12.3. The van der Waals surface area contributed by atoms with Crippen molar-refractivity contribution in [1.29, 1.82) is 0 Å². The predicted molar refractivity (Wildman–Crippen MR) is 96.0 cm³/mol. The second-order valence-electron chi connectivity index (χ2n) is 6.33. The second-order valence-corrected chi connectivity index (χ2v) is 6.33. The normalized spacial score (nSPS) is 17.5. The number of pyridine rings is 1. The third-order valence-electron chi connectivity index (χ3n) is 4.58. The van der Waals surface area contributed by atoms with Crippen molar-refractivity contribution >= 4 is 0 Å². The lowest BCUT2D eigenvalue weighted by atomic mass is 9.99. The van der Waals surface area contributed by atoms with Gasteiger partial charge >= 0.3 is 5.69 Å². The van der Waals surface area contributed by atoms with Crippen molar-refractivity contribution in [2.75, 3.05) is 13.1 Å². The molecule has 3 aromatic rings. The van der Waals surface area contributed by atoms with Crippen molar-refractivity contribution in [2.24, 2.45) is 0 Å². The molecule has 128 valence electrons. The number of nitrogens with one attached hydrogen (secondary N) is 1. The minimum absolute atomic E-state index is 0.113. The minimum Gasteiger partial charge on any atom is -0.316 e. The molecule has 0 spiro atoms. The van der Waals surface area contributed by atoms with Crippen LogP contribution in [-0.4, -0.2) is 32.4 Å². The fraction of sp³-hybridized carbons (Fsp3) is 0.316. The number of hydrogen-bond acceptors (Lipinski definition) is 4. The van der Waals surface area contributed by atoms with Crippen LogP contribution in [0.1, 0.15) is 30.3 Å². The van der Waals surface area contributed by atoms with E-state index in [4.69, 9.17) is 5.10 Å². The molecule has 0 aliphatic carbocycles. The number of piperidine rings is 1. The topological polar surface area (TPSA) is 64.7 Å². The molecule has 0 saturated carbocycles. The molecule has 4 rings (SSSR count). The lowest BCUT2D eigenvalue weighted by Gasteiger charge is -2.22. The largest absolute Gasteiger partial charge is 0.350 e. The van der Waals surface area contributed by atoms with Crippen molar-refractivity contribution in [2.45, 2.75) is 25.3 Å². The summed E-state index contributed by atoms with van der Waals surface area (Å²) >= 11 is 0. The van der Waals surface area contributed by atoms with Gasteiger partial charge in [0.1, 0.15) is 5.82 Å². The maximum atomic E-state index is 13.1. The fourth-order valence-electron chi connectivity index (χ4n) is 3.33. The Morgan fingerprint density at radius 1 is 1.12 bits per heavy atom. The Kier molecular flexibility index (Phi) is 4.43. The van der Waals surface area contributed by atoms with Crippen LogP contribution in [0.25, 0.3) is 5.69 Å². The van der Waals surface area contributed by atoms with Gasteiger partial charge in [0.15, 0.2) is 0 Å². The monoisotopic (exact) mass is 335 g/mol. The summed E-state index contributed by atoms with van der Waals surface area (Å²) in [6.45, 7) is 2.26. The van der Waals surface area contributed by atoms with Gasteiger partial charge in [-0.2, -0.15) is 5.10 Å². The maximum absolute atomic E-state index is 13.1. The molecular formula is C19H21N5O. The average Bonchev–Trinajstić information content (AvgIpc) is 3.00. The number of benzene rings is 1. The Balaban J connectivity index is 1.78. The van der Waals surface area contributed by atoms with Gasteiger partial charge in [0, 0.05) is 18.7 Å². The molecular weight excluding hydrogens is 314 g/mol. The van der Waals surface area contributed by atoms with E-state index in [-0.39, 0.29) is 11.6 Å². The lowest BCUT2D eigenvalue weighted by molar-refractivity contribution is 0.439. The molecule has 1 fully saturated rings. The number of hydrogen-bond donors (Lipinski definition) is 1. The van der Waals surface area contributed by atoms with Crippen molar-refractivity contribution in [3.05, 3.63) is 76.7 Å². The standard InChI is InChI=1S/C19H21N5O/c25-19-23(14-16-8-4-5-12-21-16)22-18(15-7-6-11-20-13-15)24(19)17-9-2-1-3-10-17/h1-5,8-10,12,15,20H,6-7,11,13-14H2/t15-/m1/s1. The first kappa shape index (κ1) is 15.8. The molecule has 0 unspecified atom stereocenters. The molecule has 2 aromatic heterocycles. The molecule has 25 heavy (non-hydrogen) atoms. The van der Waals surface area contributed by atoms with E-state index in [1.54, 1.807) is 10.8 Å². The van der Waals surface area contributed by atoms with Gasteiger partial charge < -0.3 is 5.32 Å². The summed E-state index contributed by atoms with van der Waals surface area (Å²) in [7, 11) is 0. The van der Waals surface area contributed by atoms with E-state index in [0.29, 0.717) is 6.54 Å². The highest BCUT2D eigenvalue weighted by Crippen LogP contribution is 2.23. The third-order valence-corrected chi connectivity index (χ3v) is 4.58. The molecule has 0 amide bonds. The quantitative estimate of drug-likeness (QED) is 0.791. The Labute approximate surface area is 146 Å². The predicted octanol–water partition coefficient (Wildman–Crippen LogP) is 1.94. The smallest absolute Gasteiger partial charge is 0.316 e. The van der Waals surface area contributed by atoms with Gasteiger partial charge in [-0.05, 0) is 43.7 Å².